The molecule has 0 aromatic heterocycles. The number of likely N-dealkylation sites (N-methyl/N-ethyl adjacent to an activating group) is 4. The zero-order chi connectivity index (χ0) is 67.8. The summed E-state index contributed by atoms with van der Waals surface area (Å²) in [6.45, 7) is 18.1. The number of rotatable bonds is 8. The maximum Gasteiger partial charge on any atom is 0.329 e. The van der Waals surface area contributed by atoms with Gasteiger partial charge < -0.3 is 76.0 Å². The highest BCUT2D eigenvalue weighted by atomic mass is 16.6. The lowest BCUT2D eigenvalue weighted by Crippen LogP contribution is -2.61. The van der Waals surface area contributed by atoms with E-state index in [9.17, 15) is 52.7 Å². The second-order valence-electron chi connectivity index (χ2n) is 25.8. The first-order valence-corrected chi connectivity index (χ1v) is 30.7. The Kier molecular flexibility index (Phi) is 21.1. The van der Waals surface area contributed by atoms with E-state index in [1.165, 1.54) is 81.6 Å². The average Bonchev–Trinajstić information content (AvgIpc) is 1.33. The number of anilines is 2. The number of nitrogens with two attached hydrogens (primary N) is 2. The average molecular weight is 1270 g/mol. The van der Waals surface area contributed by atoms with Gasteiger partial charge in [0.05, 0.1) is 29.9 Å². The van der Waals surface area contributed by atoms with Crippen molar-refractivity contribution in [3.05, 3.63) is 38.5 Å². The summed E-state index contributed by atoms with van der Waals surface area (Å²) < 4.78 is 18.3. The van der Waals surface area contributed by atoms with Crippen molar-refractivity contribution in [2.24, 2.45) is 23.7 Å². The number of aryl methyl sites for hydroxylation is 1. The Morgan fingerprint density at radius 2 is 1.02 bits per heavy atom. The van der Waals surface area contributed by atoms with Crippen LogP contribution >= 0.6 is 0 Å². The Morgan fingerprint density at radius 3 is 1.43 bits per heavy atom. The van der Waals surface area contributed by atoms with Gasteiger partial charge in [0.15, 0.2) is 11.3 Å². The van der Waals surface area contributed by atoms with E-state index in [1.807, 2.05) is 0 Å². The van der Waals surface area contributed by atoms with Gasteiger partial charge in [0.2, 0.25) is 52.7 Å². The van der Waals surface area contributed by atoms with Gasteiger partial charge in [-0.15, -0.1) is 0 Å². The molecule has 6 aliphatic rings. The normalized spacial score (nSPS) is 26.1. The van der Waals surface area contributed by atoms with Crippen molar-refractivity contribution in [2.75, 3.05) is 65.8 Å². The summed E-state index contributed by atoms with van der Waals surface area (Å²) >= 11 is 0. The van der Waals surface area contributed by atoms with Crippen LogP contribution in [0.25, 0.3) is 22.6 Å². The van der Waals surface area contributed by atoms with E-state index in [2.05, 4.69) is 21.3 Å². The number of amides is 10. The van der Waals surface area contributed by atoms with E-state index < -0.39 is 196 Å². The zero-order valence-electron chi connectivity index (χ0n) is 54.6. The number of carbonyl (C=O) groups is 12. The number of esters is 2. The molecule has 5 heterocycles. The minimum absolute atomic E-state index is 0.0571. The molecule has 4 fully saturated rings. The molecule has 0 spiro atoms. The summed E-state index contributed by atoms with van der Waals surface area (Å²) in [6.07, 6.45) is -1.74. The van der Waals surface area contributed by atoms with E-state index in [1.54, 1.807) is 55.4 Å². The number of hydrogen-bond donors (Lipinski definition) is 6. The van der Waals surface area contributed by atoms with Gasteiger partial charge in [-0.05, 0) is 83.1 Å². The Labute approximate surface area is 527 Å². The van der Waals surface area contributed by atoms with Crippen LogP contribution in [0.5, 0.6) is 0 Å². The predicted octanol–water partition coefficient (Wildman–Crippen LogP) is 0.308. The van der Waals surface area contributed by atoms with Crippen molar-refractivity contribution in [3.8, 4) is 11.5 Å². The molecule has 1 aromatic rings. The maximum atomic E-state index is 15.2. The summed E-state index contributed by atoms with van der Waals surface area (Å²) in [5.41, 5.74) is 9.45. The molecule has 10 amide bonds. The molecule has 0 radical (unpaired) electrons. The molecule has 91 heavy (non-hydrogen) atoms. The minimum atomic E-state index is -1.90. The molecular formula is C62H87N13O16. The third kappa shape index (κ3) is 13.9. The van der Waals surface area contributed by atoms with Crippen molar-refractivity contribution in [1.29, 1.82) is 0 Å². The molecule has 0 saturated carbocycles. The molecule has 5 aliphatic heterocycles. The van der Waals surface area contributed by atoms with Crippen molar-refractivity contribution >= 4 is 93.5 Å². The van der Waals surface area contributed by atoms with Crippen LogP contribution in [0.15, 0.2) is 15.3 Å². The Balaban J connectivity index is 1.34. The summed E-state index contributed by atoms with van der Waals surface area (Å²) in [4.78, 5) is 200. The fourth-order valence-corrected chi connectivity index (χ4v) is 12.4. The van der Waals surface area contributed by atoms with E-state index in [-0.39, 0.29) is 59.6 Å². The van der Waals surface area contributed by atoms with Gasteiger partial charge >= 0.3 is 11.9 Å². The summed E-state index contributed by atoms with van der Waals surface area (Å²) in [5.74, 6) is -12.7. The number of ether oxygens (including phenoxy) is 2. The topological polar surface area (TPSA) is 386 Å². The fourth-order valence-electron chi connectivity index (χ4n) is 12.4. The van der Waals surface area contributed by atoms with E-state index in [0.29, 0.717) is 12.8 Å². The SMILES string of the molecule is Cc1c2oc3c(C)c(N)cc(C(=O)N[C@@H]4C(=O)N[C@H](C(C)C)C(=O)N5CCC[C@H]5C(=O)N(C)CC(=O)N(C)[C@@H](C(C)C)C(=O)O[C@@H]4C)c3nc-2c(C(=O)N[C@@H]2C(=O)N[C@@H](C(C)C)C(=O)N3CCC[C@H]3C(=O)N(C)CC(=O)N(C)[C@@H](C(C)C)C(=O)O[C@@H]2C)c(N)c1=O. The third-order valence-corrected chi connectivity index (χ3v) is 17.7. The van der Waals surface area contributed by atoms with Gasteiger partial charge in [-0.25, -0.2) is 14.6 Å². The fraction of sp³-hybridized carbons (Fsp3) is 0.613. The van der Waals surface area contributed by atoms with Gasteiger partial charge in [-0.3, -0.25) is 52.7 Å². The van der Waals surface area contributed by atoms with E-state index >= 15 is 9.59 Å². The van der Waals surface area contributed by atoms with Crippen molar-refractivity contribution in [2.45, 2.75) is 169 Å². The largest absolute Gasteiger partial charge is 0.458 e. The van der Waals surface area contributed by atoms with Gasteiger partial charge in [0, 0.05) is 58.1 Å². The molecule has 29 nitrogen and oxygen atoms in total. The standard InChI is InChI=1S/C62H87N13O16/c1-26(2)42-59(85)74-21-17-19-36(74)57(83)70(13)24-38(76)72(15)48(28(5)6)61(87)89-32(11)44(55(81)66-42)68-53(79)34-23-35(63)30(9)51-46(34)65-47-40(41(64)50(78)31(10)52(47)91-51)54(80)69-45-33(12)90-62(88)49(29(7)8)73(16)39(77)25-71(14)58(84)37-20-18-22-75(37)60(86)43(27(3)4)67-56(45)82/h23,26-29,32-33,36-37,42-45,48-49H,17-22,24-25,63-64H2,1-16H3,(H,66,81)(H,67,82)(H,68,79)(H,69,80)/t32-,33-,36+,37+,42-,43+,44+,45+,48+,49+/m1/s1. The van der Waals surface area contributed by atoms with Crippen LogP contribution in [0.3, 0.4) is 0 Å². The highest BCUT2D eigenvalue weighted by Gasteiger charge is 2.47. The van der Waals surface area contributed by atoms with Gasteiger partial charge in [0.1, 0.15) is 71.8 Å². The molecule has 29 heteroatoms. The Hall–Kier alpha value is -8.92. The van der Waals surface area contributed by atoms with Crippen LogP contribution in [0.1, 0.15) is 127 Å². The lowest BCUT2D eigenvalue weighted by atomic mass is 9.98. The molecule has 496 valence electrons. The number of nitrogen functional groups attached to an aromatic ring is 2. The highest BCUT2D eigenvalue weighted by Crippen LogP contribution is 2.37. The van der Waals surface area contributed by atoms with Crippen LogP contribution in [0.2, 0.25) is 0 Å². The number of hydrogen-bond acceptors (Lipinski definition) is 19. The number of fused-ring (bicyclic) bond motifs is 4. The summed E-state index contributed by atoms with van der Waals surface area (Å²) in [7, 11) is 5.56. The molecular weight excluding hydrogens is 1180 g/mol. The number of nitrogens with zero attached hydrogens (tertiary/aromatic N) is 7. The molecule has 10 atom stereocenters. The smallest absolute Gasteiger partial charge is 0.329 e. The molecule has 0 bridgehead atoms. The van der Waals surface area contributed by atoms with Crippen LogP contribution in [0.4, 0.5) is 11.4 Å². The minimum Gasteiger partial charge on any atom is -0.458 e. The quantitative estimate of drug-likeness (QED) is 0.100. The number of carbonyl (C=O) groups excluding carboxylic acids is 12. The number of aromatic nitrogens is 1. The Bertz CT molecular complexity index is 3470. The van der Waals surface area contributed by atoms with Crippen LogP contribution < -0.4 is 38.2 Å². The van der Waals surface area contributed by atoms with Crippen LogP contribution in [-0.2, 0) is 57.4 Å². The summed E-state index contributed by atoms with van der Waals surface area (Å²) in [6, 6.07) is -9.67. The number of cyclic esters (lactones) is 2. The number of nitrogens with one attached hydrogen (secondary N) is 4. The monoisotopic (exact) mass is 1270 g/mol. The molecule has 4 saturated heterocycles. The van der Waals surface area contributed by atoms with Gasteiger partial charge in [0.25, 0.3) is 11.8 Å². The molecule has 1 aromatic carbocycles. The van der Waals surface area contributed by atoms with Crippen molar-refractivity contribution in [1.82, 2.24) is 55.7 Å². The zero-order valence-corrected chi connectivity index (χ0v) is 54.6. The molecule has 7 rings (SSSR count). The lowest BCUT2D eigenvalue weighted by Gasteiger charge is -2.36. The van der Waals surface area contributed by atoms with Gasteiger partial charge in [-0.1, -0.05) is 55.4 Å². The predicted molar refractivity (Wildman–Crippen MR) is 330 cm³/mol. The molecule has 0 unspecified atom stereocenters. The molecule has 8 N–H and O–H groups in total. The van der Waals surface area contributed by atoms with E-state index in [0.717, 1.165) is 9.80 Å². The lowest BCUT2D eigenvalue weighted by molar-refractivity contribution is -0.163. The first-order chi connectivity index (χ1) is 42.5. The number of benzene rings is 2. The van der Waals surface area contributed by atoms with Crippen molar-refractivity contribution < 1.29 is 71.4 Å². The van der Waals surface area contributed by atoms with Gasteiger partial charge in [-0.2, -0.15) is 0 Å². The summed E-state index contributed by atoms with van der Waals surface area (Å²) in [5, 5.41) is 10.6. The van der Waals surface area contributed by atoms with Crippen LogP contribution in [0, 0.1) is 37.5 Å². The second kappa shape index (κ2) is 27.7. The second-order valence-corrected chi connectivity index (χ2v) is 25.8. The first kappa shape index (κ1) is 69.6. The highest BCUT2D eigenvalue weighted by molar-refractivity contribution is 6.11. The Morgan fingerprint density at radius 1 is 0.604 bits per heavy atom. The van der Waals surface area contributed by atoms with Crippen molar-refractivity contribution in [3.63, 3.8) is 0 Å². The van der Waals surface area contributed by atoms with Crippen LogP contribution in [-0.4, -0.2) is 220 Å². The first-order valence-electron chi connectivity index (χ1n) is 30.7. The maximum absolute atomic E-state index is 15.2. The van der Waals surface area contributed by atoms with E-state index in [4.69, 9.17) is 30.3 Å². The third-order valence-electron chi connectivity index (χ3n) is 17.7. The molecule has 1 aliphatic carbocycles.